The average molecular weight is 257 g/mol. The minimum atomic E-state index is 0.0345. The lowest BCUT2D eigenvalue weighted by Gasteiger charge is -2.13. The second-order valence-corrected chi connectivity index (χ2v) is 4.60. The average Bonchev–Trinajstić information content (AvgIpc) is 2.41. The number of hydrogen-bond donors (Lipinski definition) is 1. The summed E-state index contributed by atoms with van der Waals surface area (Å²) in [6.45, 7) is 1.39. The molecule has 0 aliphatic heterocycles. The molecule has 0 saturated carbocycles. The summed E-state index contributed by atoms with van der Waals surface area (Å²) in [5.74, 6) is 0. The molecule has 100 valence electrons. The lowest BCUT2D eigenvalue weighted by molar-refractivity contribution is 0.697. The molecule has 0 aliphatic carbocycles. The van der Waals surface area contributed by atoms with Gasteiger partial charge in [-0.2, -0.15) is 0 Å². The molecule has 0 fully saturated rings. The topological polar surface area (TPSA) is 37.3 Å². The van der Waals surface area contributed by atoms with Crippen LogP contribution in [-0.2, 0) is 6.54 Å². The van der Waals surface area contributed by atoms with Gasteiger partial charge in [-0.1, -0.05) is 6.07 Å². The molecule has 19 heavy (non-hydrogen) atoms. The van der Waals surface area contributed by atoms with Crippen molar-refractivity contribution in [1.29, 1.82) is 0 Å². The van der Waals surface area contributed by atoms with Gasteiger partial charge in [0.2, 0.25) is 0 Å². The van der Waals surface area contributed by atoms with Gasteiger partial charge in [0, 0.05) is 50.8 Å². The zero-order valence-electron chi connectivity index (χ0n) is 11.3. The normalized spacial score (nSPS) is 10.2. The summed E-state index contributed by atoms with van der Waals surface area (Å²) in [4.78, 5) is 13.6. The second kappa shape index (κ2) is 6.09. The SMILES string of the molecule is CN(C)c1ccc(NCCn2ccccc2=O)cc1. The highest BCUT2D eigenvalue weighted by Crippen LogP contribution is 2.15. The fourth-order valence-corrected chi connectivity index (χ4v) is 1.84. The van der Waals surface area contributed by atoms with E-state index in [0.717, 1.165) is 12.2 Å². The van der Waals surface area contributed by atoms with Crippen LogP contribution in [0.3, 0.4) is 0 Å². The molecule has 1 heterocycles. The molecule has 1 aromatic heterocycles. The summed E-state index contributed by atoms with van der Waals surface area (Å²) in [6, 6.07) is 13.4. The van der Waals surface area contributed by atoms with Gasteiger partial charge < -0.3 is 14.8 Å². The molecule has 0 bridgehead atoms. The van der Waals surface area contributed by atoms with Gasteiger partial charge in [0.05, 0.1) is 0 Å². The molecule has 4 nitrogen and oxygen atoms in total. The van der Waals surface area contributed by atoms with E-state index in [9.17, 15) is 4.79 Å². The zero-order valence-corrected chi connectivity index (χ0v) is 11.3. The van der Waals surface area contributed by atoms with E-state index in [2.05, 4.69) is 22.3 Å². The first-order chi connectivity index (χ1) is 9.16. The fraction of sp³-hybridized carbons (Fsp3) is 0.267. The van der Waals surface area contributed by atoms with Crippen LogP contribution >= 0.6 is 0 Å². The van der Waals surface area contributed by atoms with Crippen molar-refractivity contribution in [3.05, 3.63) is 59.0 Å². The molecule has 2 aromatic rings. The van der Waals surface area contributed by atoms with Crippen LogP contribution in [0.2, 0.25) is 0 Å². The van der Waals surface area contributed by atoms with Crippen molar-refractivity contribution in [2.75, 3.05) is 30.9 Å². The molecule has 0 radical (unpaired) electrons. The molecule has 0 aliphatic rings. The molecular formula is C15H19N3O. The number of pyridine rings is 1. The lowest BCUT2D eigenvalue weighted by Crippen LogP contribution is -2.22. The van der Waals surface area contributed by atoms with E-state index in [1.54, 1.807) is 22.9 Å². The number of anilines is 2. The van der Waals surface area contributed by atoms with Crippen LogP contribution in [0.25, 0.3) is 0 Å². The number of rotatable bonds is 5. The van der Waals surface area contributed by atoms with Gasteiger partial charge in [-0.15, -0.1) is 0 Å². The fourth-order valence-electron chi connectivity index (χ4n) is 1.84. The van der Waals surface area contributed by atoms with Crippen LogP contribution < -0.4 is 15.8 Å². The predicted molar refractivity (Wildman–Crippen MR) is 80.0 cm³/mol. The Balaban J connectivity index is 1.89. The molecule has 1 N–H and O–H groups in total. The highest BCUT2D eigenvalue weighted by Gasteiger charge is 1.97. The van der Waals surface area contributed by atoms with Gasteiger partial charge in [-0.3, -0.25) is 4.79 Å². The Hall–Kier alpha value is -2.23. The summed E-state index contributed by atoms with van der Waals surface area (Å²) in [7, 11) is 4.04. The monoisotopic (exact) mass is 257 g/mol. The van der Waals surface area contributed by atoms with E-state index in [1.165, 1.54) is 5.69 Å². The lowest BCUT2D eigenvalue weighted by atomic mass is 10.2. The van der Waals surface area contributed by atoms with E-state index >= 15 is 0 Å². The van der Waals surface area contributed by atoms with E-state index in [-0.39, 0.29) is 5.56 Å². The number of aromatic nitrogens is 1. The predicted octanol–water partition coefficient (Wildman–Crippen LogP) is 2.03. The van der Waals surface area contributed by atoms with Gasteiger partial charge in [-0.25, -0.2) is 0 Å². The van der Waals surface area contributed by atoms with Gasteiger partial charge in [0.15, 0.2) is 0 Å². The van der Waals surface area contributed by atoms with Crippen molar-refractivity contribution in [3.8, 4) is 0 Å². The summed E-state index contributed by atoms with van der Waals surface area (Å²) in [5, 5.41) is 3.31. The Morgan fingerprint density at radius 1 is 1.11 bits per heavy atom. The van der Waals surface area contributed by atoms with Crippen molar-refractivity contribution in [1.82, 2.24) is 4.57 Å². The number of nitrogens with one attached hydrogen (secondary N) is 1. The molecule has 0 atom stereocenters. The summed E-state index contributed by atoms with van der Waals surface area (Å²) in [5.41, 5.74) is 2.27. The Bertz CT molecular complexity index is 572. The van der Waals surface area contributed by atoms with Crippen LogP contribution in [-0.4, -0.2) is 25.2 Å². The van der Waals surface area contributed by atoms with E-state index in [4.69, 9.17) is 0 Å². The molecular weight excluding hydrogens is 238 g/mol. The van der Waals surface area contributed by atoms with Gasteiger partial charge in [0.25, 0.3) is 5.56 Å². The van der Waals surface area contributed by atoms with Gasteiger partial charge in [0.1, 0.15) is 0 Å². The Labute approximate surface area is 113 Å². The Morgan fingerprint density at radius 3 is 2.47 bits per heavy atom. The summed E-state index contributed by atoms with van der Waals surface area (Å²) >= 11 is 0. The smallest absolute Gasteiger partial charge is 0.250 e. The first kappa shape index (κ1) is 13.2. The molecule has 0 spiro atoms. The summed E-state index contributed by atoms with van der Waals surface area (Å²) in [6.07, 6.45) is 1.80. The number of benzene rings is 1. The summed E-state index contributed by atoms with van der Waals surface area (Å²) < 4.78 is 1.70. The van der Waals surface area contributed by atoms with E-state index in [0.29, 0.717) is 6.54 Å². The van der Waals surface area contributed by atoms with Crippen LogP contribution in [0.1, 0.15) is 0 Å². The number of hydrogen-bond acceptors (Lipinski definition) is 3. The van der Waals surface area contributed by atoms with Crippen molar-refractivity contribution >= 4 is 11.4 Å². The molecule has 0 unspecified atom stereocenters. The molecule has 2 rings (SSSR count). The van der Waals surface area contributed by atoms with Gasteiger partial charge in [-0.05, 0) is 30.3 Å². The second-order valence-electron chi connectivity index (χ2n) is 4.60. The van der Waals surface area contributed by atoms with Crippen molar-refractivity contribution in [3.63, 3.8) is 0 Å². The first-order valence-corrected chi connectivity index (χ1v) is 6.33. The third-order valence-corrected chi connectivity index (χ3v) is 2.96. The Kier molecular flexibility index (Phi) is 4.23. The van der Waals surface area contributed by atoms with E-state index < -0.39 is 0 Å². The maximum absolute atomic E-state index is 11.5. The third-order valence-electron chi connectivity index (χ3n) is 2.96. The minimum absolute atomic E-state index is 0.0345. The van der Waals surface area contributed by atoms with Crippen LogP contribution in [0, 0.1) is 0 Å². The number of nitrogens with zero attached hydrogens (tertiary/aromatic N) is 2. The van der Waals surface area contributed by atoms with E-state index in [1.807, 2.05) is 32.3 Å². The van der Waals surface area contributed by atoms with Crippen LogP contribution in [0.5, 0.6) is 0 Å². The highest BCUT2D eigenvalue weighted by atomic mass is 16.1. The highest BCUT2D eigenvalue weighted by molar-refractivity contribution is 5.54. The van der Waals surface area contributed by atoms with Crippen molar-refractivity contribution < 1.29 is 0 Å². The quantitative estimate of drug-likeness (QED) is 0.890. The maximum Gasteiger partial charge on any atom is 0.250 e. The molecule has 0 amide bonds. The van der Waals surface area contributed by atoms with Crippen molar-refractivity contribution in [2.24, 2.45) is 0 Å². The molecule has 1 aromatic carbocycles. The third kappa shape index (κ3) is 3.61. The maximum atomic E-state index is 11.5. The van der Waals surface area contributed by atoms with Crippen molar-refractivity contribution in [2.45, 2.75) is 6.54 Å². The molecule has 0 saturated heterocycles. The standard InChI is InChI=1S/C15H19N3O/c1-17(2)14-8-6-13(7-9-14)16-10-12-18-11-4-3-5-15(18)19/h3-9,11,16H,10,12H2,1-2H3. The Morgan fingerprint density at radius 2 is 1.84 bits per heavy atom. The van der Waals surface area contributed by atoms with Crippen LogP contribution in [0.15, 0.2) is 53.5 Å². The zero-order chi connectivity index (χ0) is 13.7. The van der Waals surface area contributed by atoms with Crippen LogP contribution in [0.4, 0.5) is 11.4 Å². The minimum Gasteiger partial charge on any atom is -0.383 e. The largest absolute Gasteiger partial charge is 0.383 e. The molecule has 4 heteroatoms. The van der Waals surface area contributed by atoms with Gasteiger partial charge >= 0.3 is 0 Å². The first-order valence-electron chi connectivity index (χ1n) is 6.33.